The molecule has 0 nitrogen and oxygen atoms in total. The fourth-order valence-electron chi connectivity index (χ4n) is 0. The van der Waals surface area contributed by atoms with E-state index in [9.17, 15) is 0 Å². The third-order valence-corrected chi connectivity index (χ3v) is 0. The Kier molecular flexibility index (Phi) is 306. The van der Waals surface area contributed by atoms with E-state index in [1.807, 2.05) is 0 Å². The van der Waals surface area contributed by atoms with Crippen molar-refractivity contribution in [1.29, 1.82) is 0 Å². The monoisotopic (exact) mass is 233 g/mol. The molecule has 0 fully saturated rings. The Labute approximate surface area is 74.6 Å². The van der Waals surface area contributed by atoms with Gasteiger partial charge in [0.25, 0.3) is 0 Å². The molecule has 0 unspecified atom stereocenters. The molecular weight excluding hydrogens is 221 g/mol. The first-order valence-electron chi connectivity index (χ1n) is 0.707. The minimum atomic E-state index is 0. The van der Waals surface area contributed by atoms with Crippen LogP contribution in [0.4, 0.5) is 0 Å². The van der Waals surface area contributed by atoms with E-state index < -0.39 is 0 Å². The van der Waals surface area contributed by atoms with Crippen LogP contribution < -0.4 is 0 Å². The van der Waals surface area contributed by atoms with Crippen molar-refractivity contribution in [1.82, 2.24) is 0 Å². The summed E-state index contributed by atoms with van der Waals surface area (Å²) in [5, 5.41) is 0. The Morgan fingerprint density at radius 3 is 1.00 bits per heavy atom. The molecule has 0 rings (SSSR count). The minimum Gasteiger partial charge on any atom is -0.358 e. The average Bonchev–Trinajstić information content (AvgIpc) is 1.00. The van der Waals surface area contributed by atoms with Gasteiger partial charge in [0.1, 0.15) is 0 Å². The first-order valence-corrected chi connectivity index (χ1v) is 0.707. The van der Waals surface area contributed by atoms with Gasteiger partial charge >= 0.3 is 46.9 Å². The van der Waals surface area contributed by atoms with Gasteiger partial charge in [0, 0.05) is 0 Å². The summed E-state index contributed by atoms with van der Waals surface area (Å²) in [5.74, 6) is 0. The summed E-state index contributed by atoms with van der Waals surface area (Å²) in [6.07, 6.45) is 0. The van der Waals surface area contributed by atoms with Crippen LogP contribution >= 0.6 is 0 Å². The average molecular weight is 232 g/mol. The Bertz CT molecular complexity index is 3.61. The standard InChI is InChI=1S/C2H5.2CH3.Yb/c1-2;;;/h1H2,2H3;2*1H3;/q3*-1;+3. The van der Waals surface area contributed by atoms with Crippen LogP contribution in [0.25, 0.3) is 0 Å². The molecule has 0 amide bonds. The van der Waals surface area contributed by atoms with Gasteiger partial charge in [0.15, 0.2) is 0 Å². The fourth-order valence-corrected chi connectivity index (χ4v) is 0. The van der Waals surface area contributed by atoms with Gasteiger partial charge in [-0.2, -0.15) is 6.92 Å². The number of rotatable bonds is 0. The first-order chi connectivity index (χ1) is 1.00. The summed E-state index contributed by atoms with van der Waals surface area (Å²) in [6.45, 7) is 5.00. The molecule has 0 saturated carbocycles. The van der Waals surface area contributed by atoms with Crippen molar-refractivity contribution in [3.05, 3.63) is 21.8 Å². The van der Waals surface area contributed by atoms with Gasteiger partial charge in [-0.3, -0.25) is 0 Å². The molecule has 0 aromatic heterocycles. The maximum atomic E-state index is 3.25. The van der Waals surface area contributed by atoms with Crippen molar-refractivity contribution in [2.75, 3.05) is 0 Å². The van der Waals surface area contributed by atoms with E-state index in [4.69, 9.17) is 0 Å². The summed E-state index contributed by atoms with van der Waals surface area (Å²) in [6, 6.07) is 0. The molecule has 0 aliphatic heterocycles. The topological polar surface area (TPSA) is 0 Å². The van der Waals surface area contributed by atoms with Gasteiger partial charge in [-0.05, 0) is 0 Å². The Hall–Kier alpha value is 1.52. The smallest absolute Gasteiger partial charge is 0.358 e. The van der Waals surface area contributed by atoms with Crippen molar-refractivity contribution >= 4 is 0 Å². The number of hydrogen-bond donors (Lipinski definition) is 0. The maximum absolute atomic E-state index is 3.25. The molecule has 0 heterocycles. The second-order valence-corrected chi connectivity index (χ2v) is 0. The van der Waals surface area contributed by atoms with E-state index in [1.54, 1.807) is 6.92 Å². The van der Waals surface area contributed by atoms with Crippen LogP contribution in [-0.4, -0.2) is 0 Å². The van der Waals surface area contributed by atoms with Crippen LogP contribution in [0.1, 0.15) is 6.92 Å². The van der Waals surface area contributed by atoms with Gasteiger partial charge in [-0.25, -0.2) is 0 Å². The van der Waals surface area contributed by atoms with E-state index in [0.29, 0.717) is 0 Å². The van der Waals surface area contributed by atoms with Gasteiger partial charge < -0.3 is 21.8 Å². The molecule has 5 heavy (non-hydrogen) atoms. The molecule has 0 aliphatic carbocycles. The second kappa shape index (κ2) is 48.8. The largest absolute Gasteiger partial charge is 3.00 e. The van der Waals surface area contributed by atoms with Crippen LogP contribution in [-0.2, 0) is 0 Å². The van der Waals surface area contributed by atoms with Crippen LogP contribution in [0, 0.1) is 68.7 Å². The van der Waals surface area contributed by atoms with E-state index in [2.05, 4.69) is 6.92 Å². The fraction of sp³-hybridized carbons (Fsp3) is 0.250. The SMILES string of the molecule is [CH2-]C.[CH3-].[CH3-].[Yb+3]. The quantitative estimate of drug-likeness (QED) is 0.558. The molecule has 0 atom stereocenters. The molecule has 1 heteroatoms. The summed E-state index contributed by atoms with van der Waals surface area (Å²) in [7, 11) is 0. The van der Waals surface area contributed by atoms with Crippen LogP contribution in [0.5, 0.6) is 0 Å². The zero-order chi connectivity index (χ0) is 2.00. The van der Waals surface area contributed by atoms with Crippen LogP contribution in [0.3, 0.4) is 0 Å². The van der Waals surface area contributed by atoms with Crippen molar-refractivity contribution in [2.45, 2.75) is 6.92 Å². The van der Waals surface area contributed by atoms with Crippen LogP contribution in [0.15, 0.2) is 0 Å². The van der Waals surface area contributed by atoms with Crippen molar-refractivity contribution < 1.29 is 46.9 Å². The third kappa shape index (κ3) is 29.6. The van der Waals surface area contributed by atoms with E-state index in [1.165, 1.54) is 0 Å². The van der Waals surface area contributed by atoms with Crippen molar-refractivity contribution in [3.8, 4) is 0 Å². The molecule has 1 radical (unpaired) electrons. The zero-order valence-electron chi connectivity index (χ0n) is 3.97. The predicted molar refractivity (Wildman–Crippen MR) is 23.9 cm³/mol. The Morgan fingerprint density at radius 2 is 1.00 bits per heavy atom. The molecule has 0 aliphatic rings. The summed E-state index contributed by atoms with van der Waals surface area (Å²) < 4.78 is 0. The molecular formula is C4H11Yb. The second-order valence-electron chi connectivity index (χ2n) is 0. The van der Waals surface area contributed by atoms with Crippen molar-refractivity contribution in [2.24, 2.45) is 0 Å². The Balaban J connectivity index is -0.00000000167. The molecule has 0 aromatic carbocycles. The summed E-state index contributed by atoms with van der Waals surface area (Å²) >= 11 is 0. The van der Waals surface area contributed by atoms with Gasteiger partial charge in [0.05, 0.1) is 0 Å². The molecule has 0 N–H and O–H groups in total. The first kappa shape index (κ1) is 31.3. The Morgan fingerprint density at radius 1 is 1.00 bits per heavy atom. The summed E-state index contributed by atoms with van der Waals surface area (Å²) in [4.78, 5) is 0. The normalized spacial score (nSPS) is 1.20. The third-order valence-electron chi connectivity index (χ3n) is 0. The minimum absolute atomic E-state index is 0. The van der Waals surface area contributed by atoms with Crippen molar-refractivity contribution in [3.63, 3.8) is 0 Å². The molecule has 0 aromatic rings. The van der Waals surface area contributed by atoms with E-state index >= 15 is 0 Å². The van der Waals surface area contributed by atoms with E-state index in [-0.39, 0.29) is 61.8 Å². The van der Waals surface area contributed by atoms with E-state index in [0.717, 1.165) is 0 Å². The molecule has 0 bridgehead atoms. The zero-order valence-corrected chi connectivity index (χ0v) is 5.69. The van der Waals surface area contributed by atoms with Crippen LogP contribution in [0.2, 0.25) is 0 Å². The molecule has 0 saturated heterocycles. The van der Waals surface area contributed by atoms with Gasteiger partial charge in [0.2, 0.25) is 0 Å². The summed E-state index contributed by atoms with van der Waals surface area (Å²) in [5.41, 5.74) is 0. The molecule has 0 spiro atoms. The predicted octanol–water partition coefficient (Wildman–Crippen LogP) is 1.74. The van der Waals surface area contributed by atoms with Gasteiger partial charge in [-0.15, -0.1) is 0 Å². The molecule has 41 valence electrons. The maximum Gasteiger partial charge on any atom is 3.00 e. The number of hydrogen-bond acceptors (Lipinski definition) is 0. The van der Waals surface area contributed by atoms with Gasteiger partial charge in [-0.1, -0.05) is 0 Å².